The molecule has 9 heteroatoms. The van der Waals surface area contributed by atoms with Gasteiger partial charge in [-0.2, -0.15) is 4.39 Å². The Labute approximate surface area is 196 Å². The van der Waals surface area contributed by atoms with Crippen molar-refractivity contribution in [2.45, 2.75) is 45.6 Å². The molecule has 1 saturated carbocycles. The maximum absolute atomic E-state index is 14.6. The molecule has 1 amide bonds. The van der Waals surface area contributed by atoms with Gasteiger partial charge < -0.3 is 19.9 Å². The normalized spacial score (nSPS) is 20.0. The molecule has 0 heterocycles. The van der Waals surface area contributed by atoms with E-state index in [-0.39, 0.29) is 19.1 Å². The highest BCUT2D eigenvalue weighted by Crippen LogP contribution is 2.41. The molecule has 0 bridgehead atoms. The van der Waals surface area contributed by atoms with E-state index in [1.165, 1.54) is 7.11 Å². The maximum Gasteiger partial charge on any atom is 0.309 e. The number of ether oxygens (including phenoxy) is 2. The maximum atomic E-state index is 14.6. The van der Waals surface area contributed by atoms with E-state index in [2.05, 4.69) is 5.32 Å². The van der Waals surface area contributed by atoms with E-state index in [0.717, 1.165) is 0 Å². The van der Waals surface area contributed by atoms with Crippen molar-refractivity contribution in [3.05, 3.63) is 58.9 Å². The van der Waals surface area contributed by atoms with Crippen molar-refractivity contribution >= 4 is 11.9 Å². The molecule has 1 fully saturated rings. The van der Waals surface area contributed by atoms with Crippen LogP contribution in [-0.4, -0.2) is 30.6 Å². The molecule has 2 N–H and O–H groups in total. The highest BCUT2D eigenvalue weighted by Gasteiger charge is 2.40. The zero-order chi connectivity index (χ0) is 24.9. The first-order valence-corrected chi connectivity index (χ1v) is 11.2. The van der Waals surface area contributed by atoms with Gasteiger partial charge in [0.1, 0.15) is 12.4 Å². The van der Waals surface area contributed by atoms with Crippen LogP contribution in [0.4, 0.5) is 13.2 Å². The third-order valence-corrected chi connectivity index (χ3v) is 6.65. The van der Waals surface area contributed by atoms with E-state index in [1.807, 2.05) is 6.92 Å². The fourth-order valence-electron chi connectivity index (χ4n) is 4.24. The first-order valence-electron chi connectivity index (χ1n) is 11.2. The van der Waals surface area contributed by atoms with Crippen molar-refractivity contribution in [2.24, 2.45) is 11.3 Å². The van der Waals surface area contributed by atoms with E-state index < -0.39 is 46.1 Å². The van der Waals surface area contributed by atoms with Crippen LogP contribution in [-0.2, 0) is 11.4 Å². The summed E-state index contributed by atoms with van der Waals surface area (Å²) in [5.74, 6) is -6.32. The average Bonchev–Trinajstić information content (AvgIpc) is 2.85. The van der Waals surface area contributed by atoms with E-state index in [0.29, 0.717) is 49.5 Å². The largest absolute Gasteiger partial charge is 0.497 e. The van der Waals surface area contributed by atoms with Gasteiger partial charge in [-0.05, 0) is 61.8 Å². The highest BCUT2D eigenvalue weighted by molar-refractivity contribution is 5.94. The predicted octanol–water partition coefficient (Wildman–Crippen LogP) is 5.09. The smallest absolute Gasteiger partial charge is 0.309 e. The summed E-state index contributed by atoms with van der Waals surface area (Å²) in [5.41, 5.74) is -0.916. The summed E-state index contributed by atoms with van der Waals surface area (Å²) in [5, 5.41) is 12.0. The number of carboxylic acids is 1. The standard InChI is InChI=1S/C25H28F3NO5/c1-3-25(24(31)32)10-8-15(9-11-25)13-29-23(30)18-12-19(26)22(21(28)20(18)27)34-14-16-4-6-17(33-2)7-5-16/h4-7,12,15H,3,8-11,13-14H2,1-2H3,(H,29,30)(H,31,32). The van der Waals surface area contributed by atoms with E-state index >= 15 is 0 Å². The van der Waals surface area contributed by atoms with Crippen LogP contribution in [0.5, 0.6) is 11.5 Å². The molecule has 0 spiro atoms. The second kappa shape index (κ2) is 10.8. The minimum Gasteiger partial charge on any atom is -0.497 e. The Bertz CT molecular complexity index is 1030. The average molecular weight is 479 g/mol. The van der Waals surface area contributed by atoms with Gasteiger partial charge in [-0.15, -0.1) is 0 Å². The molecule has 184 valence electrons. The molecule has 1 aliphatic carbocycles. The quantitative estimate of drug-likeness (QED) is 0.490. The van der Waals surface area contributed by atoms with E-state index in [4.69, 9.17) is 9.47 Å². The SMILES string of the molecule is CCC1(C(=O)O)CCC(CNC(=O)c2cc(F)c(OCc3ccc(OC)cc3)c(F)c2F)CC1. The Morgan fingerprint density at radius 2 is 1.76 bits per heavy atom. The molecule has 34 heavy (non-hydrogen) atoms. The van der Waals surface area contributed by atoms with Crippen LogP contribution in [0, 0.1) is 28.8 Å². The Balaban J connectivity index is 1.61. The van der Waals surface area contributed by atoms with E-state index in [1.54, 1.807) is 24.3 Å². The van der Waals surface area contributed by atoms with Crippen LogP contribution in [0.3, 0.4) is 0 Å². The number of benzene rings is 2. The third kappa shape index (κ3) is 5.46. The van der Waals surface area contributed by atoms with Crippen LogP contribution in [0.15, 0.2) is 30.3 Å². The number of carbonyl (C=O) groups excluding carboxylic acids is 1. The van der Waals surface area contributed by atoms with Gasteiger partial charge in [0.2, 0.25) is 5.82 Å². The molecular weight excluding hydrogens is 451 g/mol. The summed E-state index contributed by atoms with van der Waals surface area (Å²) in [6.45, 7) is 1.79. The molecule has 0 radical (unpaired) electrons. The molecule has 0 saturated heterocycles. The zero-order valence-electron chi connectivity index (χ0n) is 19.1. The Morgan fingerprint density at radius 3 is 2.32 bits per heavy atom. The molecule has 0 atom stereocenters. The van der Waals surface area contributed by atoms with Crippen molar-refractivity contribution in [1.29, 1.82) is 0 Å². The molecule has 2 aromatic rings. The summed E-state index contributed by atoms with van der Waals surface area (Å²) in [6, 6.07) is 7.19. The molecule has 0 unspecified atom stereocenters. The lowest BCUT2D eigenvalue weighted by Gasteiger charge is -2.36. The number of halogens is 3. The van der Waals surface area contributed by atoms with Gasteiger partial charge in [0.15, 0.2) is 17.4 Å². The Morgan fingerprint density at radius 1 is 1.12 bits per heavy atom. The van der Waals surface area contributed by atoms with Crippen LogP contribution < -0.4 is 14.8 Å². The van der Waals surface area contributed by atoms with Crippen molar-refractivity contribution in [3.63, 3.8) is 0 Å². The molecule has 6 nitrogen and oxygen atoms in total. The number of amides is 1. The second-order valence-corrected chi connectivity index (χ2v) is 8.59. The van der Waals surface area contributed by atoms with E-state index in [9.17, 15) is 27.9 Å². The first kappa shape index (κ1) is 25.4. The zero-order valence-corrected chi connectivity index (χ0v) is 19.1. The van der Waals surface area contributed by atoms with Gasteiger partial charge in [0.05, 0.1) is 18.1 Å². The summed E-state index contributed by atoms with van der Waals surface area (Å²) in [4.78, 5) is 24.0. The topological polar surface area (TPSA) is 84.9 Å². The van der Waals surface area contributed by atoms with Gasteiger partial charge in [-0.25, -0.2) is 8.78 Å². The monoisotopic (exact) mass is 479 g/mol. The molecule has 1 aliphatic rings. The predicted molar refractivity (Wildman–Crippen MR) is 118 cm³/mol. The fraction of sp³-hybridized carbons (Fsp3) is 0.440. The van der Waals surface area contributed by atoms with Crippen LogP contribution in [0.2, 0.25) is 0 Å². The van der Waals surface area contributed by atoms with Crippen LogP contribution >= 0.6 is 0 Å². The number of aliphatic carboxylic acids is 1. The summed E-state index contributed by atoms with van der Waals surface area (Å²) >= 11 is 0. The minimum absolute atomic E-state index is 0.00725. The number of hydrogen-bond acceptors (Lipinski definition) is 4. The lowest BCUT2D eigenvalue weighted by atomic mass is 9.69. The van der Waals surface area contributed by atoms with Crippen molar-refractivity contribution in [1.82, 2.24) is 5.32 Å². The molecular formula is C25H28F3NO5. The van der Waals surface area contributed by atoms with Crippen LogP contribution in [0.1, 0.15) is 54.9 Å². The van der Waals surface area contributed by atoms with Crippen molar-refractivity contribution < 1.29 is 37.3 Å². The van der Waals surface area contributed by atoms with Crippen LogP contribution in [0.25, 0.3) is 0 Å². The second-order valence-electron chi connectivity index (χ2n) is 8.59. The molecule has 2 aromatic carbocycles. The van der Waals surface area contributed by atoms with Crippen molar-refractivity contribution in [3.8, 4) is 11.5 Å². The number of carbonyl (C=O) groups is 2. The lowest BCUT2D eigenvalue weighted by Crippen LogP contribution is -2.38. The van der Waals surface area contributed by atoms with Crippen molar-refractivity contribution in [2.75, 3.05) is 13.7 Å². The Kier molecular flexibility index (Phi) is 8.06. The lowest BCUT2D eigenvalue weighted by molar-refractivity contribution is -0.151. The summed E-state index contributed by atoms with van der Waals surface area (Å²) in [7, 11) is 1.50. The Hall–Kier alpha value is -3.23. The molecule has 3 rings (SSSR count). The highest BCUT2D eigenvalue weighted by atomic mass is 19.2. The number of nitrogens with one attached hydrogen (secondary N) is 1. The number of hydrogen-bond donors (Lipinski definition) is 2. The molecule has 0 aromatic heterocycles. The fourth-order valence-corrected chi connectivity index (χ4v) is 4.24. The van der Waals surface area contributed by atoms with Gasteiger partial charge in [0, 0.05) is 6.54 Å². The summed E-state index contributed by atoms with van der Waals surface area (Å²) < 4.78 is 53.7. The minimum atomic E-state index is -1.58. The number of carboxylic acid groups (broad SMARTS) is 1. The van der Waals surface area contributed by atoms with Gasteiger partial charge in [0.25, 0.3) is 5.91 Å². The summed E-state index contributed by atoms with van der Waals surface area (Å²) in [6.07, 6.45) is 2.67. The van der Waals surface area contributed by atoms with Gasteiger partial charge in [-0.1, -0.05) is 19.1 Å². The number of rotatable bonds is 9. The first-order chi connectivity index (χ1) is 16.2. The number of methoxy groups -OCH3 is 1. The van der Waals surface area contributed by atoms with Gasteiger partial charge >= 0.3 is 5.97 Å². The van der Waals surface area contributed by atoms with Gasteiger partial charge in [-0.3, -0.25) is 9.59 Å². The third-order valence-electron chi connectivity index (χ3n) is 6.65. The molecule has 0 aliphatic heterocycles.